The van der Waals surface area contributed by atoms with E-state index in [-0.39, 0.29) is 5.56 Å². The van der Waals surface area contributed by atoms with Gasteiger partial charge in [0, 0.05) is 24.6 Å². The third kappa shape index (κ3) is 3.05. The fraction of sp³-hybridized carbons (Fsp3) is 0.143. The standard InChI is InChI=1S/C14H12FN3/c15-14-9-13(2-1-12(14)10-16)18-8-5-11-3-6-17-7-4-11/h1-4,6-7,9,18H,5,8H2. The monoisotopic (exact) mass is 241 g/mol. The quantitative estimate of drug-likeness (QED) is 0.895. The molecule has 3 nitrogen and oxygen atoms in total. The van der Waals surface area contributed by atoms with Gasteiger partial charge < -0.3 is 5.32 Å². The van der Waals surface area contributed by atoms with E-state index in [0.29, 0.717) is 12.2 Å². The summed E-state index contributed by atoms with van der Waals surface area (Å²) in [6.45, 7) is 0.704. The van der Waals surface area contributed by atoms with Gasteiger partial charge in [-0.05, 0) is 42.3 Å². The van der Waals surface area contributed by atoms with Gasteiger partial charge >= 0.3 is 0 Å². The molecule has 0 spiro atoms. The lowest BCUT2D eigenvalue weighted by molar-refractivity contribution is 0.624. The van der Waals surface area contributed by atoms with E-state index in [9.17, 15) is 4.39 Å². The molecule has 0 bridgehead atoms. The summed E-state index contributed by atoms with van der Waals surface area (Å²) in [5.41, 5.74) is 1.92. The molecule has 0 fully saturated rings. The molecule has 90 valence electrons. The van der Waals surface area contributed by atoms with Crippen LogP contribution in [0.1, 0.15) is 11.1 Å². The topological polar surface area (TPSA) is 48.7 Å². The van der Waals surface area contributed by atoms with Gasteiger partial charge in [0.05, 0.1) is 5.56 Å². The van der Waals surface area contributed by atoms with Crippen molar-refractivity contribution in [2.75, 3.05) is 11.9 Å². The number of nitriles is 1. The summed E-state index contributed by atoms with van der Waals surface area (Å²) in [6, 6.07) is 10.2. The normalized spacial score (nSPS) is 9.78. The van der Waals surface area contributed by atoms with Gasteiger partial charge in [0.25, 0.3) is 0 Å². The Morgan fingerprint density at radius 1 is 1.22 bits per heavy atom. The molecule has 1 N–H and O–H groups in total. The number of aromatic nitrogens is 1. The number of nitrogens with zero attached hydrogens (tertiary/aromatic N) is 2. The van der Waals surface area contributed by atoms with Gasteiger partial charge in [0.2, 0.25) is 0 Å². The number of benzene rings is 1. The molecule has 0 unspecified atom stereocenters. The highest BCUT2D eigenvalue weighted by Gasteiger charge is 2.02. The molecule has 0 aliphatic carbocycles. The van der Waals surface area contributed by atoms with Crippen LogP contribution in [-0.2, 0) is 6.42 Å². The van der Waals surface area contributed by atoms with E-state index in [4.69, 9.17) is 5.26 Å². The number of hydrogen-bond donors (Lipinski definition) is 1. The fourth-order valence-electron chi connectivity index (χ4n) is 1.62. The molecule has 0 saturated heterocycles. The fourth-order valence-corrected chi connectivity index (χ4v) is 1.62. The van der Waals surface area contributed by atoms with E-state index in [1.807, 2.05) is 12.1 Å². The minimum atomic E-state index is -0.494. The molecule has 0 aliphatic heterocycles. The third-order valence-electron chi connectivity index (χ3n) is 2.58. The van der Waals surface area contributed by atoms with Crippen LogP contribution in [0.5, 0.6) is 0 Å². The van der Waals surface area contributed by atoms with Crippen LogP contribution in [0.2, 0.25) is 0 Å². The first-order chi connectivity index (χ1) is 8.79. The van der Waals surface area contributed by atoms with Crippen molar-refractivity contribution in [2.24, 2.45) is 0 Å². The van der Waals surface area contributed by atoms with Gasteiger partial charge in [0.1, 0.15) is 11.9 Å². The maximum atomic E-state index is 13.3. The number of rotatable bonds is 4. The molecule has 2 rings (SSSR count). The third-order valence-corrected chi connectivity index (χ3v) is 2.58. The van der Waals surface area contributed by atoms with Crippen molar-refractivity contribution in [1.82, 2.24) is 4.98 Å². The minimum absolute atomic E-state index is 0.0645. The molecular formula is C14H12FN3. The lowest BCUT2D eigenvalue weighted by atomic mass is 10.2. The molecule has 1 aromatic heterocycles. The summed E-state index contributed by atoms with van der Waals surface area (Å²) < 4.78 is 13.3. The van der Waals surface area contributed by atoms with Crippen LogP contribution in [0.25, 0.3) is 0 Å². The molecule has 18 heavy (non-hydrogen) atoms. The summed E-state index contributed by atoms with van der Waals surface area (Å²) in [7, 11) is 0. The van der Waals surface area contributed by atoms with Crippen molar-refractivity contribution in [3.8, 4) is 6.07 Å². The van der Waals surface area contributed by atoms with Gasteiger partial charge in [-0.1, -0.05) is 0 Å². The largest absolute Gasteiger partial charge is 0.385 e. The van der Waals surface area contributed by atoms with Crippen molar-refractivity contribution < 1.29 is 4.39 Å². The Morgan fingerprint density at radius 2 is 2.00 bits per heavy atom. The molecule has 0 radical (unpaired) electrons. The molecule has 1 heterocycles. The van der Waals surface area contributed by atoms with Crippen LogP contribution in [0, 0.1) is 17.1 Å². The van der Waals surface area contributed by atoms with Crippen molar-refractivity contribution >= 4 is 5.69 Å². The van der Waals surface area contributed by atoms with Crippen molar-refractivity contribution in [3.05, 3.63) is 59.7 Å². The Hall–Kier alpha value is -2.41. The van der Waals surface area contributed by atoms with Crippen LogP contribution in [-0.4, -0.2) is 11.5 Å². The zero-order valence-corrected chi connectivity index (χ0v) is 9.73. The van der Waals surface area contributed by atoms with Gasteiger partial charge in [-0.15, -0.1) is 0 Å². The van der Waals surface area contributed by atoms with Crippen molar-refractivity contribution in [1.29, 1.82) is 5.26 Å². The average molecular weight is 241 g/mol. The first-order valence-electron chi connectivity index (χ1n) is 5.62. The molecule has 0 amide bonds. The predicted molar refractivity (Wildman–Crippen MR) is 67.5 cm³/mol. The van der Waals surface area contributed by atoms with Crippen molar-refractivity contribution in [2.45, 2.75) is 6.42 Å². The van der Waals surface area contributed by atoms with Gasteiger partial charge in [-0.25, -0.2) is 4.39 Å². The molecule has 4 heteroatoms. The molecule has 2 aromatic rings. The summed E-state index contributed by atoms with van der Waals surface area (Å²) >= 11 is 0. The summed E-state index contributed by atoms with van der Waals surface area (Å²) in [5.74, 6) is -0.494. The second kappa shape index (κ2) is 5.78. The highest BCUT2D eigenvalue weighted by atomic mass is 19.1. The zero-order valence-electron chi connectivity index (χ0n) is 9.73. The van der Waals surface area contributed by atoms with Crippen molar-refractivity contribution in [3.63, 3.8) is 0 Å². The lowest BCUT2D eigenvalue weighted by Crippen LogP contribution is -2.05. The number of anilines is 1. The highest BCUT2D eigenvalue weighted by Crippen LogP contribution is 2.13. The van der Waals surface area contributed by atoms with E-state index in [0.717, 1.165) is 6.42 Å². The average Bonchev–Trinajstić information content (AvgIpc) is 2.40. The Bertz CT molecular complexity index is 561. The Kier molecular flexibility index (Phi) is 3.87. The molecule has 1 aromatic carbocycles. The van der Waals surface area contributed by atoms with Crippen LogP contribution < -0.4 is 5.32 Å². The molecular weight excluding hydrogens is 229 g/mol. The highest BCUT2D eigenvalue weighted by molar-refractivity contribution is 5.48. The van der Waals surface area contributed by atoms with Crippen LogP contribution in [0.4, 0.5) is 10.1 Å². The van der Waals surface area contributed by atoms with E-state index in [2.05, 4.69) is 10.3 Å². The number of pyridine rings is 1. The Balaban J connectivity index is 1.91. The predicted octanol–water partition coefficient (Wildman–Crippen LogP) is 2.75. The van der Waals surface area contributed by atoms with Gasteiger partial charge in [-0.2, -0.15) is 5.26 Å². The molecule has 0 saturated carbocycles. The Labute approximate surface area is 105 Å². The summed E-state index contributed by atoms with van der Waals surface area (Å²) in [6.07, 6.45) is 4.33. The summed E-state index contributed by atoms with van der Waals surface area (Å²) in [5, 5.41) is 11.7. The first kappa shape index (κ1) is 12.1. The number of nitrogens with one attached hydrogen (secondary N) is 1. The Morgan fingerprint density at radius 3 is 2.67 bits per heavy atom. The number of hydrogen-bond acceptors (Lipinski definition) is 3. The molecule has 0 atom stereocenters. The van der Waals surface area contributed by atoms with Crippen LogP contribution >= 0.6 is 0 Å². The van der Waals surface area contributed by atoms with Gasteiger partial charge in [-0.3, -0.25) is 4.98 Å². The van der Waals surface area contributed by atoms with E-state index >= 15 is 0 Å². The van der Waals surface area contributed by atoms with E-state index in [1.165, 1.54) is 17.7 Å². The molecule has 0 aliphatic rings. The zero-order chi connectivity index (χ0) is 12.8. The van der Waals surface area contributed by atoms with Crippen LogP contribution in [0.3, 0.4) is 0 Å². The second-order valence-corrected chi connectivity index (χ2v) is 3.84. The van der Waals surface area contributed by atoms with Gasteiger partial charge in [0.15, 0.2) is 0 Å². The number of halogens is 1. The smallest absolute Gasteiger partial charge is 0.143 e. The van der Waals surface area contributed by atoms with E-state index < -0.39 is 5.82 Å². The first-order valence-corrected chi connectivity index (χ1v) is 5.62. The second-order valence-electron chi connectivity index (χ2n) is 3.84. The summed E-state index contributed by atoms with van der Waals surface area (Å²) in [4.78, 5) is 3.94. The van der Waals surface area contributed by atoms with Crippen LogP contribution in [0.15, 0.2) is 42.7 Å². The lowest BCUT2D eigenvalue weighted by Gasteiger charge is -2.06. The SMILES string of the molecule is N#Cc1ccc(NCCc2ccncc2)cc1F. The minimum Gasteiger partial charge on any atom is -0.385 e. The maximum absolute atomic E-state index is 13.3. The van der Waals surface area contributed by atoms with E-state index in [1.54, 1.807) is 24.5 Å². The maximum Gasteiger partial charge on any atom is 0.143 e.